The molecule has 1 nitrogen and oxygen atoms in total. The molecule has 4 heteroatoms. The van der Waals surface area contributed by atoms with E-state index in [9.17, 15) is 0 Å². The van der Waals surface area contributed by atoms with Crippen LogP contribution in [0.15, 0.2) is 22.7 Å². The molecule has 1 unspecified atom stereocenters. The number of benzene rings is 1. The Bertz CT molecular complexity index is 357. The maximum absolute atomic E-state index is 3.66. The van der Waals surface area contributed by atoms with E-state index in [1.807, 2.05) is 11.8 Å². The molecule has 0 heterocycles. The molecule has 0 aliphatic rings. The molecule has 0 N–H and O–H groups in total. The molecule has 0 saturated carbocycles. The second-order valence-electron chi connectivity index (χ2n) is 4.16. The van der Waals surface area contributed by atoms with Gasteiger partial charge in [0.15, 0.2) is 0 Å². The van der Waals surface area contributed by atoms with Crippen LogP contribution in [0.3, 0.4) is 0 Å². The van der Waals surface area contributed by atoms with Crippen LogP contribution in [0.2, 0.25) is 0 Å². The van der Waals surface area contributed by atoms with Crippen molar-refractivity contribution >= 4 is 49.3 Å². The van der Waals surface area contributed by atoms with Crippen LogP contribution in [0, 0.1) is 0 Å². The molecule has 0 aliphatic heterocycles. The van der Waals surface area contributed by atoms with E-state index in [1.54, 1.807) is 0 Å². The minimum atomic E-state index is 0.563. The van der Waals surface area contributed by atoms with E-state index in [-0.39, 0.29) is 0 Å². The molecule has 1 aromatic rings. The van der Waals surface area contributed by atoms with Gasteiger partial charge in [0.2, 0.25) is 0 Å². The minimum Gasteiger partial charge on any atom is -0.371 e. The van der Waals surface area contributed by atoms with E-state index in [1.165, 1.54) is 27.9 Å². The highest BCUT2D eigenvalue weighted by Crippen LogP contribution is 2.29. The molecule has 1 atom stereocenters. The topological polar surface area (TPSA) is 3.24 Å². The van der Waals surface area contributed by atoms with Gasteiger partial charge in [-0.25, -0.2) is 0 Å². The first-order chi connectivity index (χ1) is 8.10. The zero-order valence-corrected chi connectivity index (χ0v) is 14.5. The highest BCUT2D eigenvalue weighted by Gasteiger charge is 2.12. The summed E-state index contributed by atoms with van der Waals surface area (Å²) in [6.07, 6.45) is 3.37. The number of anilines is 1. The van der Waals surface area contributed by atoms with E-state index in [4.69, 9.17) is 0 Å². The zero-order valence-electron chi connectivity index (χ0n) is 10.5. The van der Waals surface area contributed by atoms with Crippen molar-refractivity contribution in [1.82, 2.24) is 0 Å². The number of hydrogen-bond acceptors (Lipinski definition) is 2. The molecule has 96 valence electrons. The first kappa shape index (κ1) is 15.4. The second kappa shape index (κ2) is 7.70. The predicted octanol–water partition coefficient (Wildman–Crippen LogP) is 4.92. The third-order valence-corrected chi connectivity index (χ3v) is 4.87. The van der Waals surface area contributed by atoms with Gasteiger partial charge in [0.25, 0.3) is 0 Å². The Hall–Kier alpha value is 0.330. The SMILES string of the molecule is CSCCC(C)N(C)c1ccc(CBr)cc1Br. The van der Waals surface area contributed by atoms with Gasteiger partial charge in [-0.2, -0.15) is 11.8 Å². The summed E-state index contributed by atoms with van der Waals surface area (Å²) in [6, 6.07) is 7.11. The summed E-state index contributed by atoms with van der Waals surface area (Å²) in [6.45, 7) is 2.28. The zero-order chi connectivity index (χ0) is 12.8. The summed E-state index contributed by atoms with van der Waals surface area (Å²) in [4.78, 5) is 2.35. The van der Waals surface area contributed by atoms with E-state index in [0.717, 1.165) is 5.33 Å². The Kier molecular flexibility index (Phi) is 6.97. The Balaban J connectivity index is 2.77. The van der Waals surface area contributed by atoms with Gasteiger partial charge in [-0.05, 0) is 59.0 Å². The van der Waals surface area contributed by atoms with Crippen molar-refractivity contribution in [3.05, 3.63) is 28.2 Å². The Morgan fingerprint density at radius 1 is 1.41 bits per heavy atom. The summed E-state index contributed by atoms with van der Waals surface area (Å²) in [5.41, 5.74) is 2.56. The maximum atomic E-state index is 3.66. The monoisotopic (exact) mass is 379 g/mol. The van der Waals surface area contributed by atoms with Gasteiger partial charge in [-0.15, -0.1) is 0 Å². The number of hydrogen-bond donors (Lipinski definition) is 0. The Morgan fingerprint density at radius 3 is 2.65 bits per heavy atom. The lowest BCUT2D eigenvalue weighted by atomic mass is 10.1. The average molecular weight is 381 g/mol. The van der Waals surface area contributed by atoms with Gasteiger partial charge in [0, 0.05) is 22.9 Å². The molecule has 1 rings (SSSR count). The van der Waals surface area contributed by atoms with Crippen LogP contribution in [0.4, 0.5) is 5.69 Å². The molecule has 0 fully saturated rings. The van der Waals surface area contributed by atoms with Crippen molar-refractivity contribution in [3.63, 3.8) is 0 Å². The molecular weight excluding hydrogens is 362 g/mol. The van der Waals surface area contributed by atoms with E-state index >= 15 is 0 Å². The number of nitrogens with zero attached hydrogens (tertiary/aromatic N) is 1. The summed E-state index contributed by atoms with van der Waals surface area (Å²) in [7, 11) is 2.17. The van der Waals surface area contributed by atoms with Crippen LogP contribution in [-0.2, 0) is 5.33 Å². The molecule has 0 saturated heterocycles. The highest BCUT2D eigenvalue weighted by molar-refractivity contribution is 9.10. The van der Waals surface area contributed by atoms with Crippen LogP contribution in [0.5, 0.6) is 0 Å². The normalized spacial score (nSPS) is 12.5. The molecular formula is C13H19Br2NS. The van der Waals surface area contributed by atoms with Gasteiger partial charge in [0.1, 0.15) is 0 Å². The van der Waals surface area contributed by atoms with Gasteiger partial charge in [-0.1, -0.05) is 22.0 Å². The molecule has 1 aromatic carbocycles. The average Bonchev–Trinajstić information content (AvgIpc) is 2.34. The fraction of sp³-hybridized carbons (Fsp3) is 0.538. The van der Waals surface area contributed by atoms with Crippen molar-refractivity contribution in [2.24, 2.45) is 0 Å². The van der Waals surface area contributed by atoms with Crippen LogP contribution in [0.25, 0.3) is 0 Å². The first-order valence-corrected chi connectivity index (χ1v) is 8.97. The van der Waals surface area contributed by atoms with Crippen LogP contribution < -0.4 is 4.90 Å². The van der Waals surface area contributed by atoms with E-state index in [2.05, 4.69) is 75.2 Å². The van der Waals surface area contributed by atoms with E-state index < -0.39 is 0 Å². The molecule has 0 bridgehead atoms. The molecule has 0 radical (unpaired) electrons. The third kappa shape index (κ3) is 4.49. The largest absolute Gasteiger partial charge is 0.371 e. The number of halogens is 2. The van der Waals surface area contributed by atoms with Crippen molar-refractivity contribution in [2.45, 2.75) is 24.7 Å². The Morgan fingerprint density at radius 2 is 2.12 bits per heavy atom. The van der Waals surface area contributed by atoms with Crippen molar-refractivity contribution in [1.29, 1.82) is 0 Å². The van der Waals surface area contributed by atoms with Gasteiger partial charge in [0.05, 0.1) is 5.69 Å². The Labute approximate surface area is 126 Å². The molecule has 0 aliphatic carbocycles. The van der Waals surface area contributed by atoms with Crippen LogP contribution in [-0.4, -0.2) is 25.1 Å². The van der Waals surface area contributed by atoms with Crippen molar-refractivity contribution < 1.29 is 0 Å². The van der Waals surface area contributed by atoms with Crippen molar-refractivity contribution in [2.75, 3.05) is 24.0 Å². The van der Waals surface area contributed by atoms with Crippen LogP contribution >= 0.6 is 43.6 Å². The van der Waals surface area contributed by atoms with E-state index in [0.29, 0.717) is 6.04 Å². The molecule has 0 spiro atoms. The fourth-order valence-electron chi connectivity index (χ4n) is 1.64. The first-order valence-electron chi connectivity index (χ1n) is 5.66. The molecule has 17 heavy (non-hydrogen) atoms. The summed E-state index contributed by atoms with van der Waals surface area (Å²) in [5, 5.41) is 0.900. The summed E-state index contributed by atoms with van der Waals surface area (Å²) < 4.78 is 1.17. The highest BCUT2D eigenvalue weighted by atomic mass is 79.9. The summed E-state index contributed by atoms with van der Waals surface area (Å²) in [5.74, 6) is 1.21. The lowest BCUT2D eigenvalue weighted by molar-refractivity contribution is 0.668. The molecule has 0 amide bonds. The minimum absolute atomic E-state index is 0.563. The summed E-state index contributed by atoms with van der Waals surface area (Å²) >= 11 is 9.04. The van der Waals surface area contributed by atoms with Crippen LogP contribution in [0.1, 0.15) is 18.9 Å². The van der Waals surface area contributed by atoms with Gasteiger partial charge >= 0.3 is 0 Å². The second-order valence-corrected chi connectivity index (χ2v) is 6.56. The quantitative estimate of drug-likeness (QED) is 0.644. The maximum Gasteiger partial charge on any atom is 0.0510 e. The standard InChI is InChI=1S/C13H19Br2NS/c1-10(6-7-17-3)16(2)13-5-4-11(9-14)8-12(13)15/h4-5,8,10H,6-7,9H2,1-3H3. The van der Waals surface area contributed by atoms with Gasteiger partial charge in [-0.3, -0.25) is 0 Å². The molecule has 0 aromatic heterocycles. The van der Waals surface area contributed by atoms with Crippen molar-refractivity contribution in [3.8, 4) is 0 Å². The fourth-order valence-corrected chi connectivity index (χ4v) is 3.27. The third-order valence-electron chi connectivity index (χ3n) is 2.95. The number of rotatable bonds is 6. The lowest BCUT2D eigenvalue weighted by Gasteiger charge is -2.28. The van der Waals surface area contributed by atoms with Gasteiger partial charge < -0.3 is 4.90 Å². The lowest BCUT2D eigenvalue weighted by Crippen LogP contribution is -2.29. The number of thioether (sulfide) groups is 1. The smallest absolute Gasteiger partial charge is 0.0510 e. The predicted molar refractivity (Wildman–Crippen MR) is 87.6 cm³/mol. The number of alkyl halides is 1.